The van der Waals surface area contributed by atoms with Crippen molar-refractivity contribution in [2.75, 3.05) is 0 Å². The van der Waals surface area contributed by atoms with Gasteiger partial charge in [0, 0.05) is 10.0 Å². The number of carboxylic acids is 1. The average Bonchev–Trinajstić information content (AvgIpc) is 2.26. The van der Waals surface area contributed by atoms with Crippen LogP contribution in [-0.4, -0.2) is 25.0 Å². The molecule has 1 aromatic rings. The number of carboxylic acid groups (broad SMARTS) is 1. The van der Waals surface area contributed by atoms with E-state index >= 15 is 0 Å². The van der Waals surface area contributed by atoms with E-state index in [1.807, 2.05) is 6.92 Å². The summed E-state index contributed by atoms with van der Waals surface area (Å²) in [7, 11) is -3.69. The monoisotopic (exact) mass is 347 g/mol. The van der Waals surface area contributed by atoms with Crippen LogP contribution in [-0.2, 0) is 10.0 Å². The predicted molar refractivity (Wildman–Crippen MR) is 73.7 cm³/mol. The highest BCUT2D eigenvalue weighted by Crippen LogP contribution is 2.33. The Kier molecular flexibility index (Phi) is 3.72. The standard InChI is InChI=1S/C12H14BrNO4S/c1-12(5-2-6-12)14-19(17,18)8-3-4-10(13)9(7-8)11(15)16/h3-4,7,14H,2,5-6H2,1H3,(H,15,16). The maximum atomic E-state index is 12.2. The summed E-state index contributed by atoms with van der Waals surface area (Å²) in [6.45, 7) is 1.85. The van der Waals surface area contributed by atoms with Crippen molar-refractivity contribution in [3.8, 4) is 0 Å². The topological polar surface area (TPSA) is 83.5 Å². The van der Waals surface area contributed by atoms with Crippen LogP contribution in [0.2, 0.25) is 0 Å². The van der Waals surface area contributed by atoms with Gasteiger partial charge in [-0.2, -0.15) is 0 Å². The molecule has 1 aliphatic rings. The Bertz CT molecular complexity index is 623. The maximum absolute atomic E-state index is 12.2. The molecule has 0 bridgehead atoms. The molecule has 19 heavy (non-hydrogen) atoms. The molecule has 0 spiro atoms. The van der Waals surface area contributed by atoms with Gasteiger partial charge in [0.25, 0.3) is 0 Å². The van der Waals surface area contributed by atoms with Crippen LogP contribution >= 0.6 is 15.9 Å². The van der Waals surface area contributed by atoms with Gasteiger partial charge in [0.05, 0.1) is 10.5 Å². The van der Waals surface area contributed by atoms with Gasteiger partial charge in [0.15, 0.2) is 0 Å². The normalized spacial score (nSPS) is 17.8. The molecule has 1 fully saturated rings. The van der Waals surface area contributed by atoms with Crippen LogP contribution in [0.3, 0.4) is 0 Å². The summed E-state index contributed by atoms with van der Waals surface area (Å²) in [5.41, 5.74) is -0.475. The summed E-state index contributed by atoms with van der Waals surface area (Å²) < 4.78 is 27.4. The summed E-state index contributed by atoms with van der Waals surface area (Å²) in [4.78, 5) is 11.0. The van der Waals surface area contributed by atoms with E-state index in [-0.39, 0.29) is 10.5 Å². The number of benzene rings is 1. The van der Waals surface area contributed by atoms with Gasteiger partial charge in [-0.3, -0.25) is 0 Å². The number of halogens is 1. The largest absolute Gasteiger partial charge is 0.478 e. The van der Waals surface area contributed by atoms with E-state index in [0.717, 1.165) is 25.3 Å². The number of sulfonamides is 1. The van der Waals surface area contributed by atoms with Crippen LogP contribution in [0.25, 0.3) is 0 Å². The van der Waals surface area contributed by atoms with Gasteiger partial charge in [-0.15, -0.1) is 0 Å². The lowest BCUT2D eigenvalue weighted by atomic mass is 9.80. The van der Waals surface area contributed by atoms with Gasteiger partial charge in [-0.25, -0.2) is 17.9 Å². The molecular weight excluding hydrogens is 334 g/mol. The van der Waals surface area contributed by atoms with Crippen LogP contribution < -0.4 is 4.72 Å². The fraction of sp³-hybridized carbons (Fsp3) is 0.417. The third kappa shape index (κ3) is 2.98. The molecule has 1 aliphatic carbocycles. The van der Waals surface area contributed by atoms with Gasteiger partial charge in [0.2, 0.25) is 10.0 Å². The predicted octanol–water partition coefficient (Wildman–Crippen LogP) is 2.37. The quantitative estimate of drug-likeness (QED) is 0.875. The van der Waals surface area contributed by atoms with E-state index < -0.39 is 21.5 Å². The van der Waals surface area contributed by atoms with Crippen molar-refractivity contribution in [3.63, 3.8) is 0 Å². The minimum atomic E-state index is -3.69. The van der Waals surface area contributed by atoms with Crippen molar-refractivity contribution in [1.29, 1.82) is 0 Å². The third-order valence-electron chi connectivity index (χ3n) is 3.32. The van der Waals surface area contributed by atoms with Crippen molar-refractivity contribution in [2.24, 2.45) is 0 Å². The first kappa shape index (κ1) is 14.5. The van der Waals surface area contributed by atoms with E-state index in [2.05, 4.69) is 20.7 Å². The zero-order valence-electron chi connectivity index (χ0n) is 10.3. The van der Waals surface area contributed by atoms with Crippen molar-refractivity contribution in [1.82, 2.24) is 4.72 Å². The molecule has 0 amide bonds. The molecule has 0 radical (unpaired) electrons. The molecule has 0 atom stereocenters. The van der Waals surface area contributed by atoms with Gasteiger partial charge in [-0.05, 0) is 60.3 Å². The number of aromatic carboxylic acids is 1. The molecule has 0 aliphatic heterocycles. The molecule has 0 aromatic heterocycles. The summed E-state index contributed by atoms with van der Waals surface area (Å²) in [5.74, 6) is -1.17. The molecule has 1 aromatic carbocycles. The van der Waals surface area contributed by atoms with E-state index in [1.165, 1.54) is 12.1 Å². The highest BCUT2D eigenvalue weighted by Gasteiger charge is 2.36. The van der Waals surface area contributed by atoms with E-state index in [4.69, 9.17) is 5.11 Å². The van der Waals surface area contributed by atoms with Crippen LogP contribution in [0.4, 0.5) is 0 Å². The van der Waals surface area contributed by atoms with Gasteiger partial charge in [0.1, 0.15) is 0 Å². The lowest BCUT2D eigenvalue weighted by Gasteiger charge is -2.38. The Balaban J connectivity index is 2.35. The average molecular weight is 348 g/mol. The number of hydrogen-bond donors (Lipinski definition) is 2. The SMILES string of the molecule is CC1(NS(=O)(=O)c2ccc(Br)c(C(=O)O)c2)CCC1. The second kappa shape index (κ2) is 4.88. The van der Waals surface area contributed by atoms with Crippen molar-refractivity contribution >= 4 is 31.9 Å². The maximum Gasteiger partial charge on any atom is 0.336 e. The van der Waals surface area contributed by atoms with E-state index in [1.54, 1.807) is 0 Å². The Morgan fingerprint density at radius 2 is 2.05 bits per heavy atom. The Morgan fingerprint density at radius 1 is 1.42 bits per heavy atom. The summed E-state index contributed by atoms with van der Waals surface area (Å²) in [6, 6.07) is 3.98. The Labute approximate surface area is 120 Å². The van der Waals surface area contributed by atoms with Crippen molar-refractivity contribution in [3.05, 3.63) is 28.2 Å². The Hall–Kier alpha value is -0.920. The van der Waals surface area contributed by atoms with E-state index in [9.17, 15) is 13.2 Å². The lowest BCUT2D eigenvalue weighted by Crippen LogP contribution is -2.50. The highest BCUT2D eigenvalue weighted by molar-refractivity contribution is 9.10. The highest BCUT2D eigenvalue weighted by atomic mass is 79.9. The first-order valence-electron chi connectivity index (χ1n) is 5.80. The molecule has 5 nitrogen and oxygen atoms in total. The molecule has 0 saturated heterocycles. The number of carbonyl (C=O) groups is 1. The molecule has 2 N–H and O–H groups in total. The molecule has 2 rings (SSSR count). The van der Waals surface area contributed by atoms with Crippen molar-refractivity contribution < 1.29 is 18.3 Å². The fourth-order valence-corrected chi connectivity index (χ4v) is 3.94. The molecular formula is C12H14BrNO4S. The summed E-state index contributed by atoms with van der Waals surface area (Å²) in [5, 5.41) is 9.00. The second-order valence-electron chi connectivity index (χ2n) is 4.97. The fourth-order valence-electron chi connectivity index (χ4n) is 2.03. The molecule has 1 saturated carbocycles. The molecule has 0 unspecified atom stereocenters. The molecule has 0 heterocycles. The number of rotatable bonds is 4. The third-order valence-corrected chi connectivity index (χ3v) is 5.64. The minimum absolute atomic E-state index is 0.0266. The zero-order valence-corrected chi connectivity index (χ0v) is 12.7. The summed E-state index contributed by atoms with van der Waals surface area (Å²) in [6.07, 6.45) is 2.60. The first-order chi connectivity index (χ1) is 8.73. The van der Waals surface area contributed by atoms with Gasteiger partial charge >= 0.3 is 5.97 Å². The van der Waals surface area contributed by atoms with E-state index in [0.29, 0.717) is 4.47 Å². The smallest absolute Gasteiger partial charge is 0.336 e. The minimum Gasteiger partial charge on any atom is -0.478 e. The van der Waals surface area contributed by atoms with Crippen LogP contribution in [0.5, 0.6) is 0 Å². The first-order valence-corrected chi connectivity index (χ1v) is 8.08. The lowest BCUT2D eigenvalue weighted by molar-refractivity contribution is 0.0695. The number of nitrogens with one attached hydrogen (secondary N) is 1. The second-order valence-corrected chi connectivity index (χ2v) is 7.50. The number of hydrogen-bond acceptors (Lipinski definition) is 3. The molecule has 104 valence electrons. The van der Waals surface area contributed by atoms with Gasteiger partial charge < -0.3 is 5.11 Å². The summed E-state index contributed by atoms with van der Waals surface area (Å²) >= 11 is 3.09. The molecule has 7 heteroatoms. The van der Waals surface area contributed by atoms with Crippen LogP contribution in [0.1, 0.15) is 36.5 Å². The zero-order chi connectivity index (χ0) is 14.3. The Morgan fingerprint density at radius 3 is 2.53 bits per heavy atom. The van der Waals surface area contributed by atoms with Crippen molar-refractivity contribution in [2.45, 2.75) is 36.6 Å². The van der Waals surface area contributed by atoms with Crippen LogP contribution in [0.15, 0.2) is 27.6 Å². The van der Waals surface area contributed by atoms with Crippen LogP contribution in [0, 0.1) is 0 Å². The van der Waals surface area contributed by atoms with Gasteiger partial charge in [-0.1, -0.05) is 0 Å².